The lowest BCUT2D eigenvalue weighted by Gasteiger charge is -2.29. The summed E-state index contributed by atoms with van der Waals surface area (Å²) in [5, 5.41) is 7.65. The summed E-state index contributed by atoms with van der Waals surface area (Å²) in [6.07, 6.45) is 3.08. The third-order valence-corrected chi connectivity index (χ3v) is 5.10. The van der Waals surface area contributed by atoms with Gasteiger partial charge in [0, 0.05) is 5.70 Å². The number of rotatable bonds is 8. The zero-order chi connectivity index (χ0) is 21.6. The molecule has 2 aromatic carbocycles. The van der Waals surface area contributed by atoms with Crippen molar-refractivity contribution in [3.05, 3.63) is 83.3 Å². The first-order chi connectivity index (χ1) is 15.2. The van der Waals surface area contributed by atoms with Crippen LogP contribution >= 0.6 is 0 Å². The van der Waals surface area contributed by atoms with Crippen LogP contribution in [-0.4, -0.2) is 27.3 Å². The Hall–Kier alpha value is -3.61. The summed E-state index contributed by atoms with van der Waals surface area (Å²) in [5.74, 6) is 0.985. The molecule has 7 nitrogen and oxygen atoms in total. The smallest absolute Gasteiger partial charge is 0.338 e. The van der Waals surface area contributed by atoms with E-state index >= 15 is 0 Å². The van der Waals surface area contributed by atoms with Crippen LogP contribution in [0.25, 0.3) is 0 Å². The third kappa shape index (κ3) is 4.45. The minimum Gasteiger partial charge on any atom is -0.489 e. The molecule has 0 unspecified atom stereocenters. The summed E-state index contributed by atoms with van der Waals surface area (Å²) < 4.78 is 13.1. The van der Waals surface area contributed by atoms with Crippen molar-refractivity contribution in [3.63, 3.8) is 0 Å². The lowest BCUT2D eigenvalue weighted by molar-refractivity contribution is -0.139. The zero-order valence-corrected chi connectivity index (χ0v) is 17.7. The van der Waals surface area contributed by atoms with Crippen molar-refractivity contribution in [1.82, 2.24) is 14.8 Å². The maximum atomic E-state index is 13.0. The Morgan fingerprint density at radius 1 is 1.13 bits per heavy atom. The van der Waals surface area contributed by atoms with E-state index in [0.29, 0.717) is 31.2 Å². The van der Waals surface area contributed by atoms with E-state index < -0.39 is 6.04 Å². The Morgan fingerprint density at radius 3 is 2.74 bits per heavy atom. The van der Waals surface area contributed by atoms with Gasteiger partial charge < -0.3 is 14.8 Å². The highest BCUT2D eigenvalue weighted by molar-refractivity contribution is 5.92. The molecule has 0 amide bonds. The molecule has 0 spiro atoms. The SMILES string of the molecule is CCCC1=C(C(=O)OCC)[C@@H](c2cccc(OCc3ccccc3)c2)n2ncnc2N1. The van der Waals surface area contributed by atoms with Crippen molar-refractivity contribution >= 4 is 11.9 Å². The molecule has 1 atom stereocenters. The van der Waals surface area contributed by atoms with Crippen LogP contribution in [0.2, 0.25) is 0 Å². The van der Waals surface area contributed by atoms with E-state index in [4.69, 9.17) is 9.47 Å². The summed E-state index contributed by atoms with van der Waals surface area (Å²) >= 11 is 0. The van der Waals surface area contributed by atoms with E-state index in [2.05, 4.69) is 22.3 Å². The van der Waals surface area contributed by atoms with E-state index in [-0.39, 0.29) is 5.97 Å². The van der Waals surface area contributed by atoms with Gasteiger partial charge in [-0.2, -0.15) is 10.1 Å². The van der Waals surface area contributed by atoms with Crippen molar-refractivity contribution in [3.8, 4) is 5.75 Å². The van der Waals surface area contributed by atoms with Gasteiger partial charge in [-0.15, -0.1) is 0 Å². The number of allylic oxidation sites excluding steroid dienone is 1. The molecule has 1 aliphatic rings. The molecule has 0 bridgehead atoms. The number of carbonyl (C=O) groups excluding carboxylic acids is 1. The highest BCUT2D eigenvalue weighted by Crippen LogP contribution is 2.37. The van der Waals surface area contributed by atoms with Crippen molar-refractivity contribution in [2.24, 2.45) is 0 Å². The predicted molar refractivity (Wildman–Crippen MR) is 118 cm³/mol. The Balaban J connectivity index is 1.71. The summed E-state index contributed by atoms with van der Waals surface area (Å²) in [4.78, 5) is 17.3. The average molecular weight is 418 g/mol. The Labute approximate surface area is 181 Å². The lowest BCUT2D eigenvalue weighted by atomic mass is 9.94. The number of nitrogens with one attached hydrogen (secondary N) is 1. The number of hydrogen-bond donors (Lipinski definition) is 1. The fraction of sp³-hybridized carbons (Fsp3) is 0.292. The third-order valence-electron chi connectivity index (χ3n) is 5.10. The normalized spacial score (nSPS) is 15.2. The molecular weight excluding hydrogens is 392 g/mol. The second-order valence-corrected chi connectivity index (χ2v) is 7.27. The first kappa shape index (κ1) is 20.7. The van der Waals surface area contributed by atoms with Gasteiger partial charge in [0.1, 0.15) is 24.7 Å². The number of hydrogen-bond acceptors (Lipinski definition) is 6. The van der Waals surface area contributed by atoms with Crippen LogP contribution in [0.1, 0.15) is 43.9 Å². The molecular formula is C24H26N4O3. The van der Waals surface area contributed by atoms with Crippen molar-refractivity contribution in [1.29, 1.82) is 0 Å². The molecule has 0 radical (unpaired) electrons. The maximum Gasteiger partial charge on any atom is 0.338 e. The highest BCUT2D eigenvalue weighted by Gasteiger charge is 2.35. The number of anilines is 1. The van der Waals surface area contributed by atoms with Crippen molar-refractivity contribution in [2.75, 3.05) is 11.9 Å². The lowest BCUT2D eigenvalue weighted by Crippen LogP contribution is -2.30. The van der Waals surface area contributed by atoms with Crippen LogP contribution in [0.15, 0.2) is 72.2 Å². The highest BCUT2D eigenvalue weighted by atomic mass is 16.5. The number of fused-ring (bicyclic) bond motifs is 1. The molecule has 1 N–H and O–H groups in total. The second-order valence-electron chi connectivity index (χ2n) is 7.27. The van der Waals surface area contributed by atoms with Crippen LogP contribution in [0, 0.1) is 0 Å². The molecule has 0 saturated heterocycles. The number of ether oxygens (including phenoxy) is 2. The van der Waals surface area contributed by atoms with Crippen LogP contribution in [-0.2, 0) is 16.1 Å². The van der Waals surface area contributed by atoms with Gasteiger partial charge in [0.2, 0.25) is 5.95 Å². The van der Waals surface area contributed by atoms with Gasteiger partial charge in [0.15, 0.2) is 0 Å². The van der Waals surface area contributed by atoms with Crippen LogP contribution in [0.3, 0.4) is 0 Å². The zero-order valence-electron chi connectivity index (χ0n) is 17.7. The minimum atomic E-state index is -0.445. The number of esters is 1. The summed E-state index contributed by atoms with van der Waals surface area (Å²) in [7, 11) is 0. The molecule has 3 aromatic rings. The molecule has 7 heteroatoms. The Morgan fingerprint density at radius 2 is 1.97 bits per heavy atom. The van der Waals surface area contributed by atoms with E-state index in [1.807, 2.05) is 61.5 Å². The molecule has 31 heavy (non-hydrogen) atoms. The van der Waals surface area contributed by atoms with Gasteiger partial charge in [-0.3, -0.25) is 0 Å². The molecule has 0 fully saturated rings. The molecule has 1 aromatic heterocycles. The van der Waals surface area contributed by atoms with Crippen LogP contribution in [0.4, 0.5) is 5.95 Å². The predicted octanol–water partition coefficient (Wildman–Crippen LogP) is 4.49. The largest absolute Gasteiger partial charge is 0.489 e. The summed E-state index contributed by atoms with van der Waals surface area (Å²) in [6, 6.07) is 17.3. The molecule has 4 rings (SSSR count). The van der Waals surface area contributed by atoms with Gasteiger partial charge in [-0.05, 0) is 36.6 Å². The number of aromatic nitrogens is 3. The van der Waals surface area contributed by atoms with E-state index in [0.717, 1.165) is 29.0 Å². The number of nitrogens with zero attached hydrogens (tertiary/aromatic N) is 3. The van der Waals surface area contributed by atoms with Gasteiger partial charge >= 0.3 is 5.97 Å². The first-order valence-electron chi connectivity index (χ1n) is 10.5. The standard InChI is InChI=1S/C24H26N4O3/c1-3-9-20-21(23(29)30-4-2)22(28-24(27-20)25-16-26-28)18-12-8-13-19(14-18)31-15-17-10-6-5-7-11-17/h5-8,10-14,16,22H,3-4,9,15H2,1-2H3,(H,25,26,27)/t22-/m1/s1. The van der Waals surface area contributed by atoms with Crippen LogP contribution < -0.4 is 10.1 Å². The molecule has 2 heterocycles. The second kappa shape index (κ2) is 9.47. The quantitative estimate of drug-likeness (QED) is 0.543. The average Bonchev–Trinajstić information content (AvgIpc) is 3.26. The van der Waals surface area contributed by atoms with Gasteiger partial charge in [0.25, 0.3) is 0 Å². The number of benzene rings is 2. The minimum absolute atomic E-state index is 0.304. The van der Waals surface area contributed by atoms with Gasteiger partial charge in [0.05, 0.1) is 12.2 Å². The maximum absolute atomic E-state index is 13.0. The fourth-order valence-electron chi connectivity index (χ4n) is 3.73. The van der Waals surface area contributed by atoms with Gasteiger partial charge in [-0.25, -0.2) is 9.48 Å². The van der Waals surface area contributed by atoms with Crippen molar-refractivity contribution in [2.45, 2.75) is 39.3 Å². The number of carbonyl (C=O) groups is 1. The van der Waals surface area contributed by atoms with E-state index in [9.17, 15) is 4.79 Å². The molecule has 160 valence electrons. The topological polar surface area (TPSA) is 78.3 Å². The van der Waals surface area contributed by atoms with Gasteiger partial charge in [-0.1, -0.05) is 55.8 Å². The fourth-order valence-corrected chi connectivity index (χ4v) is 3.73. The van der Waals surface area contributed by atoms with Crippen LogP contribution in [0.5, 0.6) is 5.75 Å². The van der Waals surface area contributed by atoms with Crippen molar-refractivity contribution < 1.29 is 14.3 Å². The summed E-state index contributed by atoms with van der Waals surface area (Å²) in [6.45, 7) is 4.65. The molecule has 0 aliphatic carbocycles. The molecule has 0 saturated carbocycles. The molecule has 1 aliphatic heterocycles. The summed E-state index contributed by atoms with van der Waals surface area (Å²) in [5.41, 5.74) is 3.35. The van der Waals surface area contributed by atoms with E-state index in [1.54, 1.807) is 4.68 Å². The van der Waals surface area contributed by atoms with E-state index in [1.165, 1.54) is 6.33 Å². The monoisotopic (exact) mass is 418 g/mol. The Bertz CT molecular complexity index is 1080. The first-order valence-corrected chi connectivity index (χ1v) is 10.5. The Kier molecular flexibility index (Phi) is 6.31.